The van der Waals surface area contributed by atoms with Gasteiger partial charge in [0, 0.05) is 18.7 Å². The number of hydrogen-bond donors (Lipinski definition) is 2. The highest BCUT2D eigenvalue weighted by Crippen LogP contribution is 2.27. The van der Waals surface area contributed by atoms with Crippen molar-refractivity contribution in [3.8, 4) is 5.69 Å². The maximum atomic E-state index is 9.63. The van der Waals surface area contributed by atoms with Crippen molar-refractivity contribution in [3.05, 3.63) is 41.6 Å². The van der Waals surface area contributed by atoms with Gasteiger partial charge in [-0.3, -0.25) is 0 Å². The van der Waals surface area contributed by atoms with Crippen LogP contribution in [0, 0.1) is 6.92 Å². The van der Waals surface area contributed by atoms with Gasteiger partial charge in [-0.15, -0.1) is 0 Å². The van der Waals surface area contributed by atoms with E-state index in [-0.39, 0.29) is 13.2 Å². The molecule has 0 aliphatic rings. The molecule has 0 aliphatic carbocycles. The number of nitrogens with zero attached hydrogens (tertiary/aromatic N) is 3. The van der Waals surface area contributed by atoms with Crippen LogP contribution in [0.2, 0.25) is 0 Å². The number of aliphatic hydroxyl groups excluding tert-OH is 2. The number of aryl methyl sites for hydroxylation is 1. The van der Waals surface area contributed by atoms with Crippen LogP contribution in [0.4, 0.5) is 5.82 Å². The van der Waals surface area contributed by atoms with E-state index in [0.717, 1.165) is 29.3 Å². The molecule has 0 amide bonds. The highest BCUT2D eigenvalue weighted by atomic mass is 16.3. The number of likely N-dealkylation sites (N-methyl/N-ethyl adjacent to an activating group) is 1. The standard InChI is InChI=1S/C15H21N3O2/c1-3-17(9-10-19)15-14(11-20)12(2)16-18(15)13-7-5-4-6-8-13/h4-8,19-20H,3,9-11H2,1-2H3. The third-order valence-corrected chi connectivity index (χ3v) is 3.37. The zero-order valence-corrected chi connectivity index (χ0v) is 12.0. The summed E-state index contributed by atoms with van der Waals surface area (Å²) in [6, 6.07) is 9.82. The van der Waals surface area contributed by atoms with E-state index in [1.807, 2.05) is 53.8 Å². The fraction of sp³-hybridized carbons (Fsp3) is 0.400. The molecule has 20 heavy (non-hydrogen) atoms. The Morgan fingerprint density at radius 3 is 2.45 bits per heavy atom. The summed E-state index contributed by atoms with van der Waals surface area (Å²) >= 11 is 0. The minimum absolute atomic E-state index is 0.0596. The monoisotopic (exact) mass is 275 g/mol. The summed E-state index contributed by atoms with van der Waals surface area (Å²) in [5.74, 6) is 0.854. The molecule has 1 heterocycles. The molecule has 1 aromatic carbocycles. The van der Waals surface area contributed by atoms with E-state index in [9.17, 15) is 10.2 Å². The first-order valence-electron chi connectivity index (χ1n) is 6.83. The van der Waals surface area contributed by atoms with Crippen molar-refractivity contribution in [2.24, 2.45) is 0 Å². The first-order valence-corrected chi connectivity index (χ1v) is 6.83. The van der Waals surface area contributed by atoms with E-state index >= 15 is 0 Å². The molecule has 2 rings (SSSR count). The van der Waals surface area contributed by atoms with Crippen LogP contribution in [0.5, 0.6) is 0 Å². The van der Waals surface area contributed by atoms with Gasteiger partial charge < -0.3 is 15.1 Å². The van der Waals surface area contributed by atoms with Crippen LogP contribution in [0.3, 0.4) is 0 Å². The largest absolute Gasteiger partial charge is 0.395 e. The highest BCUT2D eigenvalue weighted by Gasteiger charge is 2.20. The third-order valence-electron chi connectivity index (χ3n) is 3.37. The van der Waals surface area contributed by atoms with Crippen LogP contribution < -0.4 is 4.90 Å². The van der Waals surface area contributed by atoms with E-state index < -0.39 is 0 Å². The molecule has 0 atom stereocenters. The molecule has 2 aromatic rings. The Labute approximate surface area is 119 Å². The predicted octanol–water partition coefficient (Wildman–Crippen LogP) is 1.49. The third kappa shape index (κ3) is 2.69. The smallest absolute Gasteiger partial charge is 0.138 e. The van der Waals surface area contributed by atoms with Crippen LogP contribution in [-0.4, -0.2) is 39.7 Å². The molecule has 2 N–H and O–H groups in total. The number of para-hydroxylation sites is 1. The molecule has 0 bridgehead atoms. The van der Waals surface area contributed by atoms with Crippen molar-refractivity contribution in [1.29, 1.82) is 0 Å². The van der Waals surface area contributed by atoms with Crippen molar-refractivity contribution in [2.45, 2.75) is 20.5 Å². The van der Waals surface area contributed by atoms with Crippen molar-refractivity contribution in [2.75, 3.05) is 24.6 Å². The van der Waals surface area contributed by atoms with E-state index in [1.54, 1.807) is 0 Å². The number of aliphatic hydroxyl groups is 2. The number of aromatic nitrogens is 2. The van der Waals surface area contributed by atoms with Gasteiger partial charge in [0.25, 0.3) is 0 Å². The van der Waals surface area contributed by atoms with Gasteiger partial charge in [0.05, 0.1) is 24.6 Å². The summed E-state index contributed by atoms with van der Waals surface area (Å²) in [5.41, 5.74) is 2.56. The molecule has 108 valence electrons. The Morgan fingerprint density at radius 2 is 1.90 bits per heavy atom. The van der Waals surface area contributed by atoms with Crippen molar-refractivity contribution < 1.29 is 10.2 Å². The van der Waals surface area contributed by atoms with Gasteiger partial charge in [0.2, 0.25) is 0 Å². The molecule has 0 unspecified atom stereocenters. The summed E-state index contributed by atoms with van der Waals surface area (Å²) in [7, 11) is 0. The van der Waals surface area contributed by atoms with E-state index in [2.05, 4.69) is 5.10 Å². The molecule has 0 aliphatic heterocycles. The van der Waals surface area contributed by atoms with Crippen molar-refractivity contribution in [1.82, 2.24) is 9.78 Å². The second-order valence-electron chi connectivity index (χ2n) is 4.60. The maximum Gasteiger partial charge on any atom is 0.138 e. The lowest BCUT2D eigenvalue weighted by molar-refractivity contribution is 0.280. The average Bonchev–Trinajstić information content (AvgIpc) is 2.82. The molecular formula is C15H21N3O2. The predicted molar refractivity (Wildman–Crippen MR) is 79.2 cm³/mol. The van der Waals surface area contributed by atoms with Crippen LogP contribution in [0.25, 0.3) is 5.69 Å². The van der Waals surface area contributed by atoms with Gasteiger partial charge in [-0.1, -0.05) is 18.2 Å². The van der Waals surface area contributed by atoms with Crippen LogP contribution in [0.15, 0.2) is 30.3 Å². The summed E-state index contributed by atoms with van der Waals surface area (Å²) in [4.78, 5) is 2.03. The molecule has 5 heteroatoms. The van der Waals surface area contributed by atoms with E-state index in [4.69, 9.17) is 0 Å². The van der Waals surface area contributed by atoms with Crippen LogP contribution >= 0.6 is 0 Å². The topological polar surface area (TPSA) is 61.5 Å². The Bertz CT molecular complexity index is 552. The second kappa shape index (κ2) is 6.54. The van der Waals surface area contributed by atoms with Gasteiger partial charge in [-0.2, -0.15) is 5.10 Å². The van der Waals surface area contributed by atoms with E-state index in [1.165, 1.54) is 0 Å². The summed E-state index contributed by atoms with van der Waals surface area (Å²) < 4.78 is 1.83. The molecule has 0 fully saturated rings. The minimum Gasteiger partial charge on any atom is -0.395 e. The molecule has 1 aromatic heterocycles. The maximum absolute atomic E-state index is 9.63. The highest BCUT2D eigenvalue weighted by molar-refractivity contribution is 5.55. The van der Waals surface area contributed by atoms with Crippen LogP contribution in [-0.2, 0) is 6.61 Å². The Morgan fingerprint density at radius 1 is 1.20 bits per heavy atom. The lowest BCUT2D eigenvalue weighted by Crippen LogP contribution is -2.29. The van der Waals surface area contributed by atoms with E-state index in [0.29, 0.717) is 6.54 Å². The van der Waals surface area contributed by atoms with Crippen molar-refractivity contribution >= 4 is 5.82 Å². The van der Waals surface area contributed by atoms with Crippen molar-refractivity contribution in [3.63, 3.8) is 0 Å². The average molecular weight is 275 g/mol. The molecule has 0 spiro atoms. The number of hydrogen-bond acceptors (Lipinski definition) is 4. The summed E-state index contributed by atoms with van der Waals surface area (Å²) in [6.45, 7) is 5.18. The van der Waals surface area contributed by atoms with Crippen LogP contribution in [0.1, 0.15) is 18.2 Å². The van der Waals surface area contributed by atoms with Gasteiger partial charge in [-0.05, 0) is 26.0 Å². The van der Waals surface area contributed by atoms with Gasteiger partial charge >= 0.3 is 0 Å². The Hall–Kier alpha value is -1.85. The van der Waals surface area contributed by atoms with Gasteiger partial charge in [0.15, 0.2) is 0 Å². The SMILES string of the molecule is CCN(CCO)c1c(CO)c(C)nn1-c1ccccc1. The lowest BCUT2D eigenvalue weighted by atomic mass is 10.2. The van der Waals surface area contributed by atoms with Gasteiger partial charge in [-0.25, -0.2) is 4.68 Å². The zero-order chi connectivity index (χ0) is 14.5. The number of anilines is 1. The fourth-order valence-corrected chi connectivity index (χ4v) is 2.34. The normalized spacial score (nSPS) is 10.8. The molecule has 0 saturated heterocycles. The molecule has 0 saturated carbocycles. The summed E-state index contributed by atoms with van der Waals surface area (Å²) in [5, 5.41) is 23.4. The molecular weight excluding hydrogens is 254 g/mol. The second-order valence-corrected chi connectivity index (χ2v) is 4.60. The number of rotatable bonds is 6. The Balaban J connectivity index is 2.57. The zero-order valence-electron chi connectivity index (χ0n) is 12.0. The molecule has 5 nitrogen and oxygen atoms in total. The Kier molecular flexibility index (Phi) is 4.76. The summed E-state index contributed by atoms with van der Waals surface area (Å²) in [6.07, 6.45) is 0. The van der Waals surface area contributed by atoms with Gasteiger partial charge in [0.1, 0.15) is 5.82 Å². The number of benzene rings is 1. The first-order chi connectivity index (χ1) is 9.72. The first kappa shape index (κ1) is 14.6. The fourth-order valence-electron chi connectivity index (χ4n) is 2.34. The lowest BCUT2D eigenvalue weighted by Gasteiger charge is -2.24. The quantitative estimate of drug-likeness (QED) is 0.838. The molecule has 0 radical (unpaired) electrons. The minimum atomic E-state index is -0.0596.